The molecular weight excluding hydrogens is 157 g/mol. The zero-order chi connectivity index (χ0) is 5.11. The van der Waals surface area contributed by atoms with Gasteiger partial charge in [0.1, 0.15) is 0 Å². The molecule has 0 aliphatic rings. The Hall–Kier alpha value is 1.21. The van der Waals surface area contributed by atoms with Crippen LogP contribution in [0.15, 0.2) is 30.3 Å². The van der Waals surface area contributed by atoms with Gasteiger partial charge in [0, 0.05) is 64.8 Å². The van der Waals surface area contributed by atoms with Crippen molar-refractivity contribution in [3.05, 3.63) is 35.4 Å². The third kappa shape index (κ3) is 5.65. The van der Waals surface area contributed by atoms with Crippen LogP contribution in [0.5, 0.6) is 0 Å². The van der Waals surface area contributed by atoms with Crippen LogP contribution in [-0.2, 0) is 0 Å². The zero-order valence-corrected chi connectivity index (χ0v) is 9.22. The topological polar surface area (TPSA) is 0 Å². The Morgan fingerprint density at radius 2 is 1.44 bits per heavy atom. The van der Waals surface area contributed by atoms with Crippen molar-refractivity contribution in [3.8, 4) is 0 Å². The maximum Gasteiger partial charge on any atom is 0.0405 e. The minimum absolute atomic E-state index is 0. The summed E-state index contributed by atoms with van der Waals surface area (Å²) in [4.78, 5) is 0. The molecule has 40 valence electrons. The van der Waals surface area contributed by atoms with Gasteiger partial charge in [-0.25, -0.2) is 0 Å². The first-order valence-corrected chi connectivity index (χ1v) is 2.48. The van der Waals surface area contributed by atoms with Crippen molar-refractivity contribution in [2.24, 2.45) is 0 Å². The van der Waals surface area contributed by atoms with Crippen molar-refractivity contribution in [1.29, 1.82) is 0 Å². The SMILES string of the molecule is Clc1ccccc1.[B].[K]. The van der Waals surface area contributed by atoms with Gasteiger partial charge < -0.3 is 0 Å². The average molecular weight is 162 g/mol. The predicted octanol–water partition coefficient (Wildman–Crippen LogP) is 1.58. The van der Waals surface area contributed by atoms with Gasteiger partial charge in [-0.05, 0) is 12.1 Å². The summed E-state index contributed by atoms with van der Waals surface area (Å²) in [6.45, 7) is 0. The van der Waals surface area contributed by atoms with Gasteiger partial charge in [-0.1, -0.05) is 29.8 Å². The molecule has 0 atom stereocenters. The molecule has 0 spiro atoms. The van der Waals surface area contributed by atoms with Crippen LogP contribution in [0, 0.1) is 0 Å². The molecule has 0 fully saturated rings. The summed E-state index contributed by atoms with van der Waals surface area (Å²) >= 11 is 5.54. The Morgan fingerprint density at radius 1 is 1.00 bits per heavy atom. The molecule has 1 rings (SSSR count). The van der Waals surface area contributed by atoms with Gasteiger partial charge in [0.15, 0.2) is 0 Å². The summed E-state index contributed by atoms with van der Waals surface area (Å²) < 4.78 is 0. The van der Waals surface area contributed by atoms with Crippen LogP contribution >= 0.6 is 11.6 Å². The second kappa shape index (κ2) is 7.32. The zero-order valence-electron chi connectivity index (χ0n) is 5.34. The standard InChI is InChI=1S/C6H5Cl.B.K/c7-6-4-2-1-3-5-6;;/h1-5H;;. The van der Waals surface area contributed by atoms with Crippen molar-refractivity contribution in [3.63, 3.8) is 0 Å². The van der Waals surface area contributed by atoms with Crippen LogP contribution in [0.1, 0.15) is 0 Å². The third-order valence-corrected chi connectivity index (χ3v) is 0.985. The molecule has 0 aliphatic heterocycles. The van der Waals surface area contributed by atoms with E-state index in [1.807, 2.05) is 30.3 Å². The average Bonchev–Trinajstić information content (AvgIpc) is 1.69. The first kappa shape index (κ1) is 12.8. The fraction of sp³-hybridized carbons (Fsp3) is 0. The van der Waals surface area contributed by atoms with Gasteiger partial charge in [-0.15, -0.1) is 0 Å². The summed E-state index contributed by atoms with van der Waals surface area (Å²) in [6, 6.07) is 9.44. The molecule has 0 unspecified atom stereocenters. The fourth-order valence-electron chi connectivity index (χ4n) is 0.415. The van der Waals surface area contributed by atoms with Crippen LogP contribution in [-0.4, -0.2) is 59.8 Å². The molecule has 0 N–H and O–H groups in total. The van der Waals surface area contributed by atoms with Gasteiger partial charge in [-0.2, -0.15) is 0 Å². The van der Waals surface area contributed by atoms with E-state index in [9.17, 15) is 0 Å². The molecule has 0 heterocycles. The molecule has 0 saturated carbocycles. The quantitative estimate of drug-likeness (QED) is 0.508. The van der Waals surface area contributed by atoms with Gasteiger partial charge in [0.2, 0.25) is 0 Å². The van der Waals surface area contributed by atoms with Crippen LogP contribution in [0.3, 0.4) is 0 Å². The van der Waals surface area contributed by atoms with E-state index in [4.69, 9.17) is 11.6 Å². The van der Waals surface area contributed by atoms with Crippen molar-refractivity contribution >= 4 is 71.4 Å². The van der Waals surface area contributed by atoms with Crippen molar-refractivity contribution in [2.75, 3.05) is 0 Å². The molecule has 0 aromatic heterocycles. The molecule has 0 amide bonds. The van der Waals surface area contributed by atoms with Gasteiger partial charge >= 0.3 is 0 Å². The molecule has 0 nitrogen and oxygen atoms in total. The number of rotatable bonds is 0. The Morgan fingerprint density at radius 3 is 1.67 bits per heavy atom. The maximum atomic E-state index is 5.54. The van der Waals surface area contributed by atoms with Crippen molar-refractivity contribution in [2.45, 2.75) is 0 Å². The summed E-state index contributed by atoms with van der Waals surface area (Å²) in [7, 11) is 0. The second-order valence-corrected chi connectivity index (χ2v) is 1.73. The van der Waals surface area contributed by atoms with Crippen LogP contribution < -0.4 is 0 Å². The van der Waals surface area contributed by atoms with E-state index >= 15 is 0 Å². The van der Waals surface area contributed by atoms with E-state index in [1.54, 1.807) is 0 Å². The van der Waals surface area contributed by atoms with Crippen LogP contribution in [0.4, 0.5) is 0 Å². The monoisotopic (exact) mass is 162 g/mol. The molecular formula is C6H5BClK. The minimum Gasteiger partial charge on any atom is -0.0843 e. The summed E-state index contributed by atoms with van der Waals surface area (Å²) in [5.41, 5.74) is 0. The molecule has 0 aliphatic carbocycles. The van der Waals surface area contributed by atoms with E-state index in [1.165, 1.54) is 0 Å². The normalized spacial score (nSPS) is 6.78. The molecule has 0 saturated heterocycles. The van der Waals surface area contributed by atoms with Crippen molar-refractivity contribution in [1.82, 2.24) is 0 Å². The first-order valence-electron chi connectivity index (χ1n) is 2.10. The molecule has 0 bridgehead atoms. The Labute approximate surface area is 105 Å². The summed E-state index contributed by atoms with van der Waals surface area (Å²) in [5.74, 6) is 0. The Kier molecular flexibility index (Phi) is 10.5. The molecule has 9 heavy (non-hydrogen) atoms. The second-order valence-electron chi connectivity index (χ2n) is 1.30. The number of benzene rings is 1. The third-order valence-electron chi connectivity index (χ3n) is 0.733. The van der Waals surface area contributed by atoms with E-state index in [0.29, 0.717) is 0 Å². The van der Waals surface area contributed by atoms with E-state index in [-0.39, 0.29) is 59.8 Å². The van der Waals surface area contributed by atoms with Gasteiger partial charge in [-0.3, -0.25) is 0 Å². The molecule has 4 radical (unpaired) electrons. The van der Waals surface area contributed by atoms with Crippen molar-refractivity contribution < 1.29 is 0 Å². The maximum absolute atomic E-state index is 5.54. The predicted molar refractivity (Wildman–Crippen MR) is 43.0 cm³/mol. The fourth-order valence-corrected chi connectivity index (χ4v) is 0.560. The number of halogens is 1. The van der Waals surface area contributed by atoms with Gasteiger partial charge in [0.05, 0.1) is 0 Å². The Bertz CT molecular complexity index is 143. The van der Waals surface area contributed by atoms with E-state index in [2.05, 4.69) is 0 Å². The first-order chi connectivity index (χ1) is 3.39. The smallest absolute Gasteiger partial charge is 0.0405 e. The molecule has 1 aromatic carbocycles. The summed E-state index contributed by atoms with van der Waals surface area (Å²) in [6.07, 6.45) is 0. The van der Waals surface area contributed by atoms with E-state index in [0.717, 1.165) is 5.02 Å². The molecule has 1 aromatic rings. The summed E-state index contributed by atoms with van der Waals surface area (Å²) in [5, 5.41) is 0.794. The van der Waals surface area contributed by atoms with Crippen LogP contribution in [0.2, 0.25) is 5.02 Å². The molecule has 3 heteroatoms. The van der Waals surface area contributed by atoms with E-state index < -0.39 is 0 Å². The van der Waals surface area contributed by atoms with Crippen LogP contribution in [0.25, 0.3) is 0 Å². The number of hydrogen-bond donors (Lipinski definition) is 0. The Balaban J connectivity index is 0. The van der Waals surface area contributed by atoms with Gasteiger partial charge in [0.25, 0.3) is 0 Å². The largest absolute Gasteiger partial charge is 0.0843 e. The minimum atomic E-state index is 0. The number of hydrogen-bond acceptors (Lipinski definition) is 0.